The first-order valence-electron chi connectivity index (χ1n) is 8.75. The standard InChI is InChI=1S/C20H19N3O4S2/c1-2-23(16-7-4-3-5-8-16)29(26,27)17-12-10-15(11-13-17)19(24)21-22-20(25)18-9-6-14-28-18/h3-14H,2H2,1H3,(H,21,24)(H,22,25). The van der Waals surface area contributed by atoms with Crippen molar-refractivity contribution >= 4 is 38.9 Å². The predicted molar refractivity (Wildman–Crippen MR) is 112 cm³/mol. The third kappa shape index (κ3) is 4.64. The maximum Gasteiger partial charge on any atom is 0.279 e. The highest BCUT2D eigenvalue weighted by atomic mass is 32.2. The third-order valence-electron chi connectivity index (χ3n) is 4.07. The number of hydrogen-bond acceptors (Lipinski definition) is 5. The summed E-state index contributed by atoms with van der Waals surface area (Å²) in [7, 11) is -3.77. The molecule has 0 aliphatic carbocycles. The number of carbonyl (C=O) groups excluding carboxylic acids is 2. The molecule has 0 spiro atoms. The van der Waals surface area contributed by atoms with Crippen LogP contribution in [0.2, 0.25) is 0 Å². The molecule has 0 saturated heterocycles. The van der Waals surface area contributed by atoms with Crippen LogP contribution in [0.25, 0.3) is 0 Å². The van der Waals surface area contributed by atoms with Gasteiger partial charge in [-0.1, -0.05) is 24.3 Å². The summed E-state index contributed by atoms with van der Waals surface area (Å²) in [6.07, 6.45) is 0. The molecule has 0 unspecified atom stereocenters. The molecule has 0 aliphatic rings. The maximum atomic E-state index is 13.0. The van der Waals surface area contributed by atoms with Gasteiger partial charge in [0.1, 0.15) is 0 Å². The summed E-state index contributed by atoms with van der Waals surface area (Å²) >= 11 is 1.25. The molecule has 1 aromatic heterocycles. The molecular formula is C20H19N3O4S2. The van der Waals surface area contributed by atoms with Crippen molar-refractivity contribution in [3.05, 3.63) is 82.6 Å². The van der Waals surface area contributed by atoms with E-state index in [1.807, 2.05) is 6.07 Å². The lowest BCUT2D eigenvalue weighted by Gasteiger charge is -2.23. The Hall–Kier alpha value is -3.17. The minimum absolute atomic E-state index is 0.0716. The minimum Gasteiger partial charge on any atom is -0.267 e. The Kier molecular flexibility index (Phi) is 6.30. The SMILES string of the molecule is CCN(c1ccccc1)S(=O)(=O)c1ccc(C(=O)NNC(=O)c2cccs2)cc1. The third-order valence-corrected chi connectivity index (χ3v) is 6.86. The number of rotatable bonds is 6. The van der Waals surface area contributed by atoms with Crippen molar-refractivity contribution in [3.63, 3.8) is 0 Å². The van der Waals surface area contributed by atoms with E-state index in [0.717, 1.165) is 0 Å². The number of nitrogens with one attached hydrogen (secondary N) is 2. The van der Waals surface area contributed by atoms with Crippen LogP contribution in [0.1, 0.15) is 27.0 Å². The molecule has 1 heterocycles. The van der Waals surface area contributed by atoms with Gasteiger partial charge in [0.15, 0.2) is 0 Å². The van der Waals surface area contributed by atoms with E-state index in [2.05, 4.69) is 10.9 Å². The van der Waals surface area contributed by atoms with E-state index in [1.54, 1.807) is 48.7 Å². The Bertz CT molecular complexity index is 1080. The lowest BCUT2D eigenvalue weighted by atomic mass is 10.2. The van der Waals surface area contributed by atoms with E-state index in [4.69, 9.17) is 0 Å². The summed E-state index contributed by atoms with van der Waals surface area (Å²) in [5, 5.41) is 1.75. The fourth-order valence-corrected chi connectivity index (χ4v) is 4.74. The minimum atomic E-state index is -3.77. The second kappa shape index (κ2) is 8.89. The van der Waals surface area contributed by atoms with Gasteiger partial charge in [0.25, 0.3) is 21.8 Å². The molecule has 0 bridgehead atoms. The second-order valence-corrected chi connectivity index (χ2v) is 8.73. The quantitative estimate of drug-likeness (QED) is 0.589. The van der Waals surface area contributed by atoms with Gasteiger partial charge in [-0.15, -0.1) is 11.3 Å². The number of hydrogen-bond donors (Lipinski definition) is 2. The highest BCUT2D eigenvalue weighted by molar-refractivity contribution is 7.92. The maximum absolute atomic E-state index is 13.0. The van der Waals surface area contributed by atoms with Gasteiger partial charge in [0.05, 0.1) is 15.5 Å². The largest absolute Gasteiger partial charge is 0.279 e. The second-order valence-electron chi connectivity index (χ2n) is 5.92. The molecule has 2 amide bonds. The zero-order valence-electron chi connectivity index (χ0n) is 15.5. The van der Waals surface area contributed by atoms with E-state index < -0.39 is 21.8 Å². The van der Waals surface area contributed by atoms with Crippen LogP contribution in [0.4, 0.5) is 5.69 Å². The van der Waals surface area contributed by atoms with Crippen LogP contribution in [0.15, 0.2) is 77.0 Å². The number of benzene rings is 2. The fourth-order valence-electron chi connectivity index (χ4n) is 2.65. The average molecular weight is 430 g/mol. The van der Waals surface area contributed by atoms with Gasteiger partial charge in [-0.2, -0.15) is 0 Å². The molecule has 0 saturated carbocycles. The summed E-state index contributed by atoms with van der Waals surface area (Å²) in [5.41, 5.74) is 5.42. The van der Waals surface area contributed by atoms with E-state index in [0.29, 0.717) is 10.6 Å². The van der Waals surface area contributed by atoms with E-state index in [-0.39, 0.29) is 17.0 Å². The molecule has 0 fully saturated rings. The molecule has 150 valence electrons. The zero-order chi connectivity index (χ0) is 20.9. The highest BCUT2D eigenvalue weighted by Gasteiger charge is 2.23. The van der Waals surface area contributed by atoms with E-state index in [9.17, 15) is 18.0 Å². The Morgan fingerprint density at radius 3 is 2.14 bits per heavy atom. The van der Waals surface area contributed by atoms with Crippen LogP contribution in [-0.2, 0) is 10.0 Å². The number of sulfonamides is 1. The number of nitrogens with zero attached hydrogens (tertiary/aromatic N) is 1. The zero-order valence-corrected chi connectivity index (χ0v) is 17.2. The van der Waals surface area contributed by atoms with Gasteiger partial charge in [-0.3, -0.25) is 24.7 Å². The topological polar surface area (TPSA) is 95.6 Å². The molecule has 7 nitrogen and oxygen atoms in total. The van der Waals surface area contributed by atoms with Crippen LogP contribution >= 0.6 is 11.3 Å². The number of amides is 2. The summed E-state index contributed by atoms with van der Waals surface area (Å²) in [4.78, 5) is 24.6. The molecule has 0 radical (unpaired) electrons. The molecule has 0 atom stereocenters. The molecule has 9 heteroatoms. The molecule has 0 aliphatic heterocycles. The van der Waals surface area contributed by atoms with Gasteiger partial charge < -0.3 is 0 Å². The Labute approximate surface area is 173 Å². The van der Waals surface area contributed by atoms with E-state index >= 15 is 0 Å². The van der Waals surface area contributed by atoms with Crippen LogP contribution < -0.4 is 15.2 Å². The van der Waals surface area contributed by atoms with Crippen molar-refractivity contribution < 1.29 is 18.0 Å². The smallest absolute Gasteiger partial charge is 0.267 e. The van der Waals surface area contributed by atoms with Gasteiger partial charge in [0, 0.05) is 12.1 Å². The van der Waals surface area contributed by atoms with Gasteiger partial charge in [-0.05, 0) is 54.8 Å². The van der Waals surface area contributed by atoms with Crippen LogP contribution in [0.3, 0.4) is 0 Å². The number of carbonyl (C=O) groups is 2. The van der Waals surface area contributed by atoms with Crippen molar-refractivity contribution in [1.29, 1.82) is 0 Å². The van der Waals surface area contributed by atoms with Crippen LogP contribution in [-0.4, -0.2) is 26.8 Å². The van der Waals surface area contributed by atoms with Crippen molar-refractivity contribution in [2.24, 2.45) is 0 Å². The van der Waals surface area contributed by atoms with Gasteiger partial charge in [-0.25, -0.2) is 8.42 Å². The summed E-state index contributed by atoms with van der Waals surface area (Å²) < 4.78 is 27.2. The molecule has 3 aromatic rings. The first kappa shape index (κ1) is 20.6. The van der Waals surface area contributed by atoms with Crippen molar-refractivity contribution in [1.82, 2.24) is 10.9 Å². The molecule has 2 aromatic carbocycles. The lowest BCUT2D eigenvalue weighted by Crippen LogP contribution is -2.41. The lowest BCUT2D eigenvalue weighted by molar-refractivity contribution is 0.0849. The monoisotopic (exact) mass is 429 g/mol. The first-order chi connectivity index (χ1) is 13.9. The Morgan fingerprint density at radius 1 is 0.897 bits per heavy atom. The molecular weight excluding hydrogens is 410 g/mol. The van der Waals surface area contributed by atoms with Crippen molar-refractivity contribution in [2.75, 3.05) is 10.8 Å². The normalized spacial score (nSPS) is 10.9. The van der Waals surface area contributed by atoms with Gasteiger partial charge >= 0.3 is 0 Å². The number of hydrazine groups is 1. The molecule has 2 N–H and O–H groups in total. The predicted octanol–water partition coefficient (Wildman–Crippen LogP) is 3.04. The van der Waals surface area contributed by atoms with Crippen molar-refractivity contribution in [3.8, 4) is 0 Å². The summed E-state index contributed by atoms with van der Waals surface area (Å²) in [6, 6.07) is 17.7. The van der Waals surface area contributed by atoms with Crippen LogP contribution in [0, 0.1) is 0 Å². The summed E-state index contributed by atoms with van der Waals surface area (Å²) in [5.74, 6) is -0.969. The Balaban J connectivity index is 1.71. The van der Waals surface area contributed by atoms with Crippen molar-refractivity contribution in [2.45, 2.75) is 11.8 Å². The number of thiophene rings is 1. The van der Waals surface area contributed by atoms with E-state index in [1.165, 1.54) is 39.9 Å². The van der Waals surface area contributed by atoms with Crippen LogP contribution in [0.5, 0.6) is 0 Å². The number of para-hydroxylation sites is 1. The fraction of sp³-hybridized carbons (Fsp3) is 0.100. The molecule has 3 rings (SSSR count). The molecule has 29 heavy (non-hydrogen) atoms. The highest BCUT2D eigenvalue weighted by Crippen LogP contribution is 2.23. The first-order valence-corrected chi connectivity index (χ1v) is 11.1. The summed E-state index contributed by atoms with van der Waals surface area (Å²) in [6.45, 7) is 2.02. The average Bonchev–Trinajstić information content (AvgIpc) is 3.28. The van der Waals surface area contributed by atoms with Gasteiger partial charge in [0.2, 0.25) is 0 Å². The number of anilines is 1. The Morgan fingerprint density at radius 2 is 1.55 bits per heavy atom.